The minimum atomic E-state index is -0.00425. The van der Waals surface area contributed by atoms with E-state index in [1.54, 1.807) is 0 Å². The van der Waals surface area contributed by atoms with Gasteiger partial charge in [-0.3, -0.25) is 15.2 Å². The molecule has 3 N–H and O–H groups in total. The first-order valence-electron chi connectivity index (χ1n) is 7.22. The van der Waals surface area contributed by atoms with Crippen molar-refractivity contribution in [1.82, 2.24) is 9.80 Å². The number of nitrogens with one attached hydrogen (secondary N) is 1. The van der Waals surface area contributed by atoms with Gasteiger partial charge in [-0.05, 0) is 26.5 Å². The molecule has 4 nitrogen and oxygen atoms in total. The second-order valence-corrected chi connectivity index (χ2v) is 6.39. The van der Waals surface area contributed by atoms with Gasteiger partial charge in [-0.2, -0.15) is 0 Å². The molecule has 1 aliphatic rings. The van der Waals surface area contributed by atoms with Crippen molar-refractivity contribution in [2.45, 2.75) is 25.3 Å². The summed E-state index contributed by atoms with van der Waals surface area (Å²) in [5.41, 5.74) is 7.14. The molecule has 1 unspecified atom stereocenters. The molecule has 1 fully saturated rings. The highest BCUT2D eigenvalue weighted by molar-refractivity contribution is 5.84. The largest absolute Gasteiger partial charge is 0.387 e. The average Bonchev–Trinajstić information content (AvgIpc) is 2.40. The monoisotopic (exact) mass is 274 g/mol. The highest BCUT2D eigenvalue weighted by Crippen LogP contribution is 2.23. The van der Waals surface area contributed by atoms with E-state index < -0.39 is 0 Å². The van der Waals surface area contributed by atoms with E-state index in [0.717, 1.165) is 31.7 Å². The smallest absolute Gasteiger partial charge is 0.0995 e. The molecule has 4 heteroatoms. The van der Waals surface area contributed by atoms with E-state index in [2.05, 4.69) is 42.8 Å². The Kier molecular flexibility index (Phi) is 4.45. The Morgan fingerprint density at radius 1 is 1.30 bits per heavy atom. The number of nitrogens with zero attached hydrogens (tertiary/aromatic N) is 2. The van der Waals surface area contributed by atoms with Crippen LogP contribution in [0.3, 0.4) is 0 Å². The zero-order valence-corrected chi connectivity index (χ0v) is 12.8. The van der Waals surface area contributed by atoms with Crippen LogP contribution in [0.25, 0.3) is 0 Å². The Bertz CT molecular complexity index is 455. The summed E-state index contributed by atoms with van der Waals surface area (Å²) < 4.78 is 0. The fraction of sp³-hybridized carbons (Fsp3) is 0.562. The zero-order valence-electron chi connectivity index (χ0n) is 12.8. The molecule has 20 heavy (non-hydrogen) atoms. The van der Waals surface area contributed by atoms with Gasteiger partial charge < -0.3 is 5.73 Å². The Labute approximate surface area is 122 Å². The Morgan fingerprint density at radius 3 is 2.50 bits per heavy atom. The van der Waals surface area contributed by atoms with Crippen LogP contribution in [0.15, 0.2) is 30.3 Å². The average molecular weight is 274 g/mol. The molecule has 0 spiro atoms. The van der Waals surface area contributed by atoms with Gasteiger partial charge in [0.1, 0.15) is 0 Å². The van der Waals surface area contributed by atoms with Crippen LogP contribution in [0.1, 0.15) is 25.3 Å². The number of rotatable bonds is 4. The van der Waals surface area contributed by atoms with Gasteiger partial charge in [0.05, 0.1) is 11.8 Å². The predicted molar refractivity (Wildman–Crippen MR) is 84.2 cm³/mol. The molecule has 2 rings (SSSR count). The fourth-order valence-electron chi connectivity index (χ4n) is 2.82. The molecule has 0 radical (unpaired) electrons. The maximum absolute atomic E-state index is 7.89. The third-order valence-corrected chi connectivity index (χ3v) is 4.41. The molecule has 1 aromatic carbocycles. The van der Waals surface area contributed by atoms with E-state index in [1.165, 1.54) is 0 Å². The van der Waals surface area contributed by atoms with Gasteiger partial charge in [0, 0.05) is 31.7 Å². The summed E-state index contributed by atoms with van der Waals surface area (Å²) in [5, 5.41) is 7.89. The number of hydrogen-bond acceptors (Lipinski definition) is 3. The van der Waals surface area contributed by atoms with Crippen LogP contribution in [-0.2, 0) is 0 Å². The summed E-state index contributed by atoms with van der Waals surface area (Å²) in [6.45, 7) is 8.48. The van der Waals surface area contributed by atoms with Crippen LogP contribution in [0.5, 0.6) is 0 Å². The minimum absolute atomic E-state index is 0.00425. The zero-order chi connectivity index (χ0) is 14.8. The molecular formula is C16H26N4. The molecule has 1 aromatic rings. The number of nitrogens with two attached hydrogens (primary N) is 1. The number of hydrogen-bond donors (Lipinski definition) is 2. The van der Waals surface area contributed by atoms with Crippen LogP contribution in [0, 0.1) is 5.41 Å². The topological polar surface area (TPSA) is 56.4 Å². The third kappa shape index (κ3) is 3.38. The lowest BCUT2D eigenvalue weighted by atomic mass is 9.94. The van der Waals surface area contributed by atoms with Gasteiger partial charge in [-0.15, -0.1) is 0 Å². The first-order valence-corrected chi connectivity index (χ1v) is 7.22. The van der Waals surface area contributed by atoms with E-state index in [1.807, 2.05) is 18.2 Å². The summed E-state index contributed by atoms with van der Waals surface area (Å²) in [7, 11) is 2.18. The Hall–Kier alpha value is -1.39. The van der Waals surface area contributed by atoms with Gasteiger partial charge >= 0.3 is 0 Å². The van der Waals surface area contributed by atoms with E-state index in [9.17, 15) is 0 Å². The molecule has 0 bridgehead atoms. The van der Waals surface area contributed by atoms with Gasteiger partial charge in [0.2, 0.25) is 0 Å². The van der Waals surface area contributed by atoms with Crippen LogP contribution < -0.4 is 5.73 Å². The molecule has 0 aliphatic carbocycles. The maximum Gasteiger partial charge on any atom is 0.0995 e. The molecule has 1 atom stereocenters. The normalized spacial score (nSPS) is 21.6. The van der Waals surface area contributed by atoms with E-state index >= 15 is 0 Å². The van der Waals surface area contributed by atoms with E-state index in [4.69, 9.17) is 11.1 Å². The molecule has 1 saturated heterocycles. The first kappa shape index (κ1) is 15.0. The van der Waals surface area contributed by atoms with Crippen LogP contribution in [0.2, 0.25) is 0 Å². The van der Waals surface area contributed by atoms with E-state index in [0.29, 0.717) is 0 Å². The van der Waals surface area contributed by atoms with Gasteiger partial charge in [-0.1, -0.05) is 30.3 Å². The van der Waals surface area contributed by atoms with Gasteiger partial charge in [-0.25, -0.2) is 0 Å². The highest BCUT2D eigenvalue weighted by Gasteiger charge is 2.32. The van der Waals surface area contributed by atoms with Crippen molar-refractivity contribution >= 4 is 5.84 Å². The van der Waals surface area contributed by atoms with Crippen molar-refractivity contribution < 1.29 is 0 Å². The highest BCUT2D eigenvalue weighted by atomic mass is 15.3. The van der Waals surface area contributed by atoms with Crippen molar-refractivity contribution in [3.8, 4) is 0 Å². The summed E-state index contributed by atoms with van der Waals surface area (Å²) in [6.07, 6.45) is 0. The predicted octanol–water partition coefficient (Wildman–Crippen LogP) is 1.73. The van der Waals surface area contributed by atoms with Crippen molar-refractivity contribution in [3.63, 3.8) is 0 Å². The Balaban J connectivity index is 2.08. The quantitative estimate of drug-likeness (QED) is 0.649. The minimum Gasteiger partial charge on any atom is -0.387 e. The summed E-state index contributed by atoms with van der Waals surface area (Å²) >= 11 is 0. The molecule has 110 valence electrons. The molecule has 0 saturated carbocycles. The first-order chi connectivity index (χ1) is 9.40. The van der Waals surface area contributed by atoms with Crippen molar-refractivity contribution in [3.05, 3.63) is 35.9 Å². The van der Waals surface area contributed by atoms with Crippen LogP contribution in [-0.4, -0.2) is 54.4 Å². The lowest BCUT2D eigenvalue weighted by Crippen LogP contribution is -2.58. The number of amidine groups is 1. The fourth-order valence-corrected chi connectivity index (χ4v) is 2.82. The van der Waals surface area contributed by atoms with Crippen molar-refractivity contribution in [2.24, 2.45) is 5.73 Å². The summed E-state index contributed by atoms with van der Waals surface area (Å²) in [6, 6.07) is 10.2. The van der Waals surface area contributed by atoms with Crippen molar-refractivity contribution in [2.75, 3.05) is 33.2 Å². The van der Waals surface area contributed by atoms with Crippen LogP contribution >= 0.6 is 0 Å². The number of piperazine rings is 1. The second-order valence-electron chi connectivity index (χ2n) is 6.39. The number of benzene rings is 1. The van der Waals surface area contributed by atoms with Crippen LogP contribution in [0.4, 0.5) is 0 Å². The number of likely N-dealkylation sites (N-methyl/N-ethyl adjacent to an activating group) is 1. The second kappa shape index (κ2) is 5.94. The molecule has 0 amide bonds. The van der Waals surface area contributed by atoms with Crippen molar-refractivity contribution in [1.29, 1.82) is 5.41 Å². The lowest BCUT2D eigenvalue weighted by Gasteiger charge is -2.46. The lowest BCUT2D eigenvalue weighted by molar-refractivity contribution is 0.0395. The maximum atomic E-state index is 7.89. The molecular weight excluding hydrogens is 248 g/mol. The Morgan fingerprint density at radius 2 is 1.95 bits per heavy atom. The molecule has 0 aromatic heterocycles. The summed E-state index contributed by atoms with van der Waals surface area (Å²) in [4.78, 5) is 4.83. The van der Waals surface area contributed by atoms with E-state index in [-0.39, 0.29) is 17.3 Å². The van der Waals surface area contributed by atoms with Gasteiger partial charge in [0.15, 0.2) is 0 Å². The summed E-state index contributed by atoms with van der Waals surface area (Å²) in [5.74, 6) is 0.253. The SMILES string of the molecule is CN1CCN(CC(C(=N)N)c2ccccc2)CC1(C)C. The molecule has 1 heterocycles. The molecule has 1 aliphatic heterocycles. The third-order valence-electron chi connectivity index (χ3n) is 4.41. The standard InChI is InChI=1S/C16H26N4/c1-16(2)12-20(10-9-19(16)3)11-14(15(17)18)13-7-5-4-6-8-13/h4-8,14H,9-12H2,1-3H3,(H3,17,18). The van der Waals surface area contributed by atoms with Gasteiger partial charge in [0.25, 0.3) is 0 Å².